The largest absolute Gasteiger partial charge is 0.490 e. The predicted molar refractivity (Wildman–Crippen MR) is 89.1 cm³/mol. The van der Waals surface area contributed by atoms with Crippen LogP contribution in [0.2, 0.25) is 0 Å². The number of carbonyl (C=O) groups excluding carboxylic acids is 1. The van der Waals surface area contributed by atoms with E-state index >= 15 is 0 Å². The van der Waals surface area contributed by atoms with Crippen LogP contribution in [0.4, 0.5) is 0 Å². The Morgan fingerprint density at radius 1 is 1.00 bits per heavy atom. The van der Waals surface area contributed by atoms with Crippen molar-refractivity contribution in [1.29, 1.82) is 0 Å². The topological polar surface area (TPSA) is 57.9 Å². The molecule has 0 bridgehead atoms. The molecule has 5 nitrogen and oxygen atoms in total. The maximum Gasteiger partial charge on any atom is 0.344 e. The third-order valence-electron chi connectivity index (χ3n) is 3.35. The van der Waals surface area contributed by atoms with Gasteiger partial charge >= 0.3 is 5.97 Å². The summed E-state index contributed by atoms with van der Waals surface area (Å²) < 4.78 is 21.7. The van der Waals surface area contributed by atoms with Gasteiger partial charge in [-0.15, -0.1) is 0 Å². The van der Waals surface area contributed by atoms with Crippen molar-refractivity contribution < 1.29 is 23.4 Å². The van der Waals surface area contributed by atoms with Gasteiger partial charge in [0.15, 0.2) is 18.1 Å². The highest BCUT2D eigenvalue weighted by atomic mass is 16.6. The number of carbonyl (C=O) groups is 1. The molecule has 5 heteroatoms. The number of rotatable bonds is 7. The molecule has 0 saturated heterocycles. The van der Waals surface area contributed by atoms with Crippen LogP contribution in [-0.4, -0.2) is 19.2 Å². The minimum Gasteiger partial charge on any atom is -0.490 e. The van der Waals surface area contributed by atoms with E-state index in [2.05, 4.69) is 0 Å². The van der Waals surface area contributed by atoms with Crippen LogP contribution in [0.15, 0.2) is 59.0 Å². The van der Waals surface area contributed by atoms with Gasteiger partial charge in [0.05, 0.1) is 6.61 Å². The van der Waals surface area contributed by atoms with Crippen LogP contribution in [-0.2, 0) is 16.1 Å². The average molecular weight is 326 g/mol. The highest BCUT2D eigenvalue weighted by Crippen LogP contribution is 2.26. The molecule has 0 saturated carbocycles. The van der Waals surface area contributed by atoms with E-state index < -0.39 is 5.97 Å². The van der Waals surface area contributed by atoms with Crippen molar-refractivity contribution >= 4 is 16.9 Å². The molecule has 0 unspecified atom stereocenters. The highest BCUT2D eigenvalue weighted by molar-refractivity contribution is 5.77. The molecule has 0 aliphatic carbocycles. The number of para-hydroxylation sites is 3. The number of fused-ring (bicyclic) bond motifs is 1. The number of furan rings is 1. The summed E-state index contributed by atoms with van der Waals surface area (Å²) in [6, 6.07) is 16.7. The van der Waals surface area contributed by atoms with E-state index in [1.807, 2.05) is 49.4 Å². The van der Waals surface area contributed by atoms with Crippen LogP contribution < -0.4 is 9.47 Å². The molecule has 1 aromatic heterocycles. The number of esters is 1. The third-order valence-corrected chi connectivity index (χ3v) is 3.35. The Morgan fingerprint density at radius 2 is 1.71 bits per heavy atom. The molecule has 0 radical (unpaired) electrons. The number of hydrogen-bond acceptors (Lipinski definition) is 5. The van der Waals surface area contributed by atoms with Crippen molar-refractivity contribution in [3.8, 4) is 11.5 Å². The predicted octanol–water partition coefficient (Wildman–Crippen LogP) is 3.95. The van der Waals surface area contributed by atoms with E-state index in [1.54, 1.807) is 12.1 Å². The van der Waals surface area contributed by atoms with E-state index in [9.17, 15) is 4.79 Å². The normalized spacial score (nSPS) is 10.5. The van der Waals surface area contributed by atoms with Crippen LogP contribution in [0.25, 0.3) is 11.0 Å². The number of hydrogen-bond donors (Lipinski definition) is 0. The second-order valence-electron chi connectivity index (χ2n) is 5.08. The van der Waals surface area contributed by atoms with Gasteiger partial charge in [0.2, 0.25) is 0 Å². The van der Waals surface area contributed by atoms with E-state index in [0.29, 0.717) is 23.9 Å². The molecule has 24 heavy (non-hydrogen) atoms. The van der Waals surface area contributed by atoms with E-state index in [-0.39, 0.29) is 13.2 Å². The maximum atomic E-state index is 11.8. The zero-order valence-corrected chi connectivity index (χ0v) is 13.4. The van der Waals surface area contributed by atoms with E-state index in [1.165, 1.54) is 0 Å². The van der Waals surface area contributed by atoms with Crippen molar-refractivity contribution in [1.82, 2.24) is 0 Å². The van der Waals surface area contributed by atoms with Crippen LogP contribution in [0.3, 0.4) is 0 Å². The molecule has 3 rings (SSSR count). The fourth-order valence-electron chi connectivity index (χ4n) is 2.28. The van der Waals surface area contributed by atoms with Gasteiger partial charge in [-0.1, -0.05) is 30.3 Å². The Kier molecular flexibility index (Phi) is 5.01. The monoisotopic (exact) mass is 326 g/mol. The smallest absolute Gasteiger partial charge is 0.344 e. The minimum absolute atomic E-state index is 0.0734. The van der Waals surface area contributed by atoms with Gasteiger partial charge in [-0.2, -0.15) is 0 Å². The van der Waals surface area contributed by atoms with Crippen LogP contribution in [0.1, 0.15) is 12.7 Å². The summed E-state index contributed by atoms with van der Waals surface area (Å²) in [5, 5.41) is 0.977. The number of ether oxygens (including phenoxy) is 3. The van der Waals surface area contributed by atoms with Gasteiger partial charge in [0.25, 0.3) is 0 Å². The lowest BCUT2D eigenvalue weighted by Crippen LogP contribution is -2.15. The molecule has 0 N–H and O–H groups in total. The summed E-state index contributed by atoms with van der Waals surface area (Å²) in [4.78, 5) is 11.8. The second kappa shape index (κ2) is 7.55. The minimum atomic E-state index is -0.471. The van der Waals surface area contributed by atoms with Crippen molar-refractivity contribution in [2.24, 2.45) is 0 Å². The SMILES string of the molecule is CCOc1ccccc1OCC(=O)OCc1cc2ccccc2o1. The Bertz CT molecular complexity index is 788. The standard InChI is InChI=1S/C19H18O5/c1-2-21-17-9-5-6-10-18(17)22-13-19(20)23-12-15-11-14-7-3-4-8-16(14)24-15/h3-11H,2,12-13H2,1H3. The molecule has 124 valence electrons. The van der Waals surface area contributed by atoms with Crippen LogP contribution in [0, 0.1) is 0 Å². The summed E-state index contributed by atoms with van der Waals surface area (Å²) >= 11 is 0. The first-order valence-corrected chi connectivity index (χ1v) is 7.74. The fourth-order valence-corrected chi connectivity index (χ4v) is 2.28. The van der Waals surface area contributed by atoms with Gasteiger partial charge in [0.1, 0.15) is 18.0 Å². The van der Waals surface area contributed by atoms with Crippen molar-refractivity contribution in [2.75, 3.05) is 13.2 Å². The Hall–Kier alpha value is -2.95. The van der Waals surface area contributed by atoms with Gasteiger partial charge in [-0.3, -0.25) is 0 Å². The molecule has 0 aliphatic heterocycles. The Balaban J connectivity index is 1.52. The molecule has 0 spiro atoms. The van der Waals surface area contributed by atoms with Gasteiger partial charge in [-0.05, 0) is 31.2 Å². The molecule has 0 aliphatic rings. The molecular formula is C19H18O5. The first-order chi connectivity index (χ1) is 11.8. The molecule has 2 aromatic carbocycles. The van der Waals surface area contributed by atoms with Crippen molar-refractivity contribution in [3.63, 3.8) is 0 Å². The van der Waals surface area contributed by atoms with E-state index in [0.717, 1.165) is 11.0 Å². The lowest BCUT2D eigenvalue weighted by molar-refractivity contribution is -0.147. The quantitative estimate of drug-likeness (QED) is 0.615. The van der Waals surface area contributed by atoms with Gasteiger partial charge < -0.3 is 18.6 Å². The first-order valence-electron chi connectivity index (χ1n) is 7.74. The van der Waals surface area contributed by atoms with Crippen molar-refractivity contribution in [3.05, 3.63) is 60.4 Å². The number of benzene rings is 2. The molecule has 0 fully saturated rings. The lowest BCUT2D eigenvalue weighted by Gasteiger charge is -2.10. The highest BCUT2D eigenvalue weighted by Gasteiger charge is 2.10. The summed E-state index contributed by atoms with van der Waals surface area (Å²) in [6.07, 6.45) is 0. The Morgan fingerprint density at radius 3 is 2.46 bits per heavy atom. The summed E-state index contributed by atoms with van der Waals surface area (Å²) in [5.74, 6) is 1.24. The lowest BCUT2D eigenvalue weighted by atomic mass is 10.2. The zero-order valence-electron chi connectivity index (χ0n) is 13.4. The van der Waals surface area contributed by atoms with Crippen molar-refractivity contribution in [2.45, 2.75) is 13.5 Å². The second-order valence-corrected chi connectivity index (χ2v) is 5.08. The Labute approximate surface area is 139 Å². The van der Waals surface area contributed by atoms with Gasteiger partial charge in [0, 0.05) is 5.39 Å². The zero-order chi connectivity index (χ0) is 16.8. The molecule has 0 amide bonds. The fraction of sp³-hybridized carbons (Fsp3) is 0.211. The van der Waals surface area contributed by atoms with Crippen LogP contribution >= 0.6 is 0 Å². The summed E-state index contributed by atoms with van der Waals surface area (Å²) in [5.41, 5.74) is 0.769. The van der Waals surface area contributed by atoms with Gasteiger partial charge in [-0.25, -0.2) is 4.79 Å². The average Bonchev–Trinajstić information content (AvgIpc) is 3.02. The molecule has 0 atom stereocenters. The first kappa shape index (κ1) is 15.9. The molecular weight excluding hydrogens is 308 g/mol. The van der Waals surface area contributed by atoms with E-state index in [4.69, 9.17) is 18.6 Å². The molecule has 1 heterocycles. The summed E-state index contributed by atoms with van der Waals surface area (Å²) in [7, 11) is 0. The van der Waals surface area contributed by atoms with Crippen LogP contribution in [0.5, 0.6) is 11.5 Å². The maximum absolute atomic E-state index is 11.8. The summed E-state index contributed by atoms with van der Waals surface area (Å²) in [6.45, 7) is 2.30. The third kappa shape index (κ3) is 3.87. The molecule has 3 aromatic rings.